The van der Waals surface area contributed by atoms with E-state index >= 15 is 0 Å². The fourth-order valence-corrected chi connectivity index (χ4v) is 1.36. The van der Waals surface area contributed by atoms with Gasteiger partial charge in [-0.2, -0.15) is 0 Å². The molecule has 0 spiro atoms. The Morgan fingerprint density at radius 3 is 2.65 bits per heavy atom. The fraction of sp³-hybridized carbons (Fsp3) is 0.917. The first-order valence-electron chi connectivity index (χ1n) is 6.09. The number of methoxy groups -OCH3 is 1. The zero-order valence-corrected chi connectivity index (χ0v) is 11.4. The van der Waals surface area contributed by atoms with Crippen LogP contribution in [-0.2, 0) is 9.53 Å². The summed E-state index contributed by atoms with van der Waals surface area (Å²) in [5, 5.41) is 15.8. The second kappa shape index (κ2) is 8.44. The molecule has 3 N–H and O–H groups in total. The van der Waals surface area contributed by atoms with Crippen LogP contribution in [0.25, 0.3) is 0 Å². The van der Waals surface area contributed by atoms with Crippen LogP contribution in [0.15, 0.2) is 0 Å². The van der Waals surface area contributed by atoms with Crippen LogP contribution in [0.1, 0.15) is 33.6 Å². The maximum atomic E-state index is 11.3. The van der Waals surface area contributed by atoms with Crippen LogP contribution in [0.3, 0.4) is 0 Å². The largest absolute Gasteiger partial charge is 0.389 e. The van der Waals surface area contributed by atoms with E-state index in [1.165, 1.54) is 0 Å². The molecule has 102 valence electrons. The van der Waals surface area contributed by atoms with E-state index < -0.39 is 5.60 Å². The quantitative estimate of drug-likeness (QED) is 0.511. The van der Waals surface area contributed by atoms with E-state index in [1.54, 1.807) is 14.0 Å². The summed E-state index contributed by atoms with van der Waals surface area (Å²) in [7, 11) is 1.61. The second-order valence-corrected chi connectivity index (χ2v) is 4.89. The first-order chi connectivity index (χ1) is 7.87. The van der Waals surface area contributed by atoms with Gasteiger partial charge in [-0.05, 0) is 20.8 Å². The van der Waals surface area contributed by atoms with Gasteiger partial charge in [-0.3, -0.25) is 4.79 Å². The van der Waals surface area contributed by atoms with E-state index in [0.29, 0.717) is 32.5 Å². The lowest BCUT2D eigenvalue weighted by atomic mass is 10.0. The van der Waals surface area contributed by atoms with Gasteiger partial charge in [0.1, 0.15) is 0 Å². The zero-order chi connectivity index (χ0) is 13.3. The van der Waals surface area contributed by atoms with Crippen molar-refractivity contribution in [2.24, 2.45) is 0 Å². The molecule has 1 amide bonds. The monoisotopic (exact) mass is 246 g/mol. The van der Waals surface area contributed by atoms with Crippen molar-refractivity contribution in [3.63, 3.8) is 0 Å². The number of carbonyl (C=O) groups is 1. The zero-order valence-electron chi connectivity index (χ0n) is 11.4. The third-order valence-electron chi connectivity index (χ3n) is 2.33. The Morgan fingerprint density at radius 2 is 2.12 bits per heavy atom. The lowest BCUT2D eigenvalue weighted by molar-refractivity contribution is -0.121. The lowest BCUT2D eigenvalue weighted by Crippen LogP contribution is -2.40. The third-order valence-corrected chi connectivity index (χ3v) is 2.33. The summed E-state index contributed by atoms with van der Waals surface area (Å²) < 4.78 is 4.91. The van der Waals surface area contributed by atoms with Crippen molar-refractivity contribution in [1.82, 2.24) is 10.6 Å². The predicted octanol–water partition coefficient (Wildman–Crippen LogP) is 0.278. The minimum Gasteiger partial charge on any atom is -0.389 e. The molecule has 0 saturated carbocycles. The molecule has 0 heterocycles. The molecule has 0 aromatic rings. The van der Waals surface area contributed by atoms with E-state index in [-0.39, 0.29) is 11.9 Å². The number of hydrogen-bond donors (Lipinski definition) is 3. The Hall–Kier alpha value is -0.650. The molecular weight excluding hydrogens is 220 g/mol. The Balaban J connectivity index is 3.59. The first-order valence-corrected chi connectivity index (χ1v) is 6.09. The highest BCUT2D eigenvalue weighted by atomic mass is 16.5. The van der Waals surface area contributed by atoms with Crippen molar-refractivity contribution in [3.05, 3.63) is 0 Å². The Morgan fingerprint density at radius 1 is 1.47 bits per heavy atom. The van der Waals surface area contributed by atoms with Gasteiger partial charge in [0.2, 0.25) is 5.91 Å². The highest BCUT2D eigenvalue weighted by Gasteiger charge is 2.19. The Bertz CT molecular complexity index is 218. The molecule has 0 fully saturated rings. The number of carbonyl (C=O) groups excluding carboxylic acids is 1. The summed E-state index contributed by atoms with van der Waals surface area (Å²) in [4.78, 5) is 11.3. The molecule has 5 nitrogen and oxygen atoms in total. The summed E-state index contributed by atoms with van der Waals surface area (Å²) in [6.45, 7) is 7.18. The lowest BCUT2D eigenvalue weighted by Gasteiger charge is -2.23. The molecule has 0 aliphatic carbocycles. The Kier molecular flexibility index (Phi) is 8.12. The molecular formula is C12H26N2O3. The van der Waals surface area contributed by atoms with Crippen molar-refractivity contribution in [1.29, 1.82) is 0 Å². The molecule has 0 aliphatic heterocycles. The molecule has 0 aromatic heterocycles. The summed E-state index contributed by atoms with van der Waals surface area (Å²) in [6, 6.07) is 0.173. The van der Waals surface area contributed by atoms with Crippen molar-refractivity contribution >= 4 is 5.91 Å². The second-order valence-electron chi connectivity index (χ2n) is 4.89. The van der Waals surface area contributed by atoms with Gasteiger partial charge in [-0.25, -0.2) is 0 Å². The molecule has 5 heteroatoms. The molecule has 0 rings (SSSR count). The van der Waals surface area contributed by atoms with Crippen molar-refractivity contribution in [2.75, 3.05) is 26.8 Å². The maximum absolute atomic E-state index is 11.3. The average Bonchev–Trinajstić information content (AvgIpc) is 2.21. The number of amides is 1. The normalized spacial score (nSPS) is 14.7. The number of aliphatic hydroxyl groups is 1. The van der Waals surface area contributed by atoms with Crippen molar-refractivity contribution in [2.45, 2.75) is 45.3 Å². The van der Waals surface area contributed by atoms with E-state index in [0.717, 1.165) is 0 Å². The van der Waals surface area contributed by atoms with Gasteiger partial charge in [0.05, 0.1) is 5.60 Å². The van der Waals surface area contributed by atoms with Crippen molar-refractivity contribution in [3.8, 4) is 0 Å². The van der Waals surface area contributed by atoms with Gasteiger partial charge in [0, 0.05) is 45.7 Å². The van der Waals surface area contributed by atoms with Crippen LogP contribution in [0, 0.1) is 0 Å². The third kappa shape index (κ3) is 10.2. The number of hydrogen-bond acceptors (Lipinski definition) is 4. The van der Waals surface area contributed by atoms with Crippen LogP contribution in [0.2, 0.25) is 0 Å². The van der Waals surface area contributed by atoms with E-state index in [4.69, 9.17) is 4.74 Å². The summed E-state index contributed by atoms with van der Waals surface area (Å²) >= 11 is 0. The highest BCUT2D eigenvalue weighted by molar-refractivity contribution is 5.76. The van der Waals surface area contributed by atoms with Gasteiger partial charge < -0.3 is 20.5 Å². The van der Waals surface area contributed by atoms with Crippen molar-refractivity contribution < 1.29 is 14.6 Å². The molecule has 1 unspecified atom stereocenters. The van der Waals surface area contributed by atoms with Crippen LogP contribution in [-0.4, -0.2) is 49.5 Å². The molecule has 0 aliphatic rings. The molecule has 0 radical (unpaired) electrons. The molecule has 0 aromatic carbocycles. The van der Waals surface area contributed by atoms with Gasteiger partial charge in [-0.15, -0.1) is 0 Å². The maximum Gasteiger partial charge on any atom is 0.221 e. The van der Waals surface area contributed by atoms with Gasteiger partial charge in [0.25, 0.3) is 0 Å². The van der Waals surface area contributed by atoms with Crippen LogP contribution in [0.4, 0.5) is 0 Å². The van der Waals surface area contributed by atoms with Crippen LogP contribution in [0.5, 0.6) is 0 Å². The summed E-state index contributed by atoms with van der Waals surface area (Å²) in [5.41, 5.74) is -0.787. The average molecular weight is 246 g/mol. The predicted molar refractivity (Wildman–Crippen MR) is 67.9 cm³/mol. The van der Waals surface area contributed by atoms with Gasteiger partial charge in [-0.1, -0.05) is 0 Å². The van der Waals surface area contributed by atoms with Crippen LogP contribution >= 0.6 is 0 Å². The van der Waals surface area contributed by atoms with E-state index in [1.807, 2.05) is 13.8 Å². The standard InChI is InChI=1S/C12H26N2O3/c1-10(2)14-11(15)5-7-13-9-12(3,16)6-8-17-4/h10,13,16H,5-9H2,1-4H3,(H,14,15). The van der Waals surface area contributed by atoms with Crippen LogP contribution < -0.4 is 10.6 Å². The number of rotatable bonds is 9. The fourth-order valence-electron chi connectivity index (χ4n) is 1.36. The summed E-state index contributed by atoms with van der Waals surface area (Å²) in [5.74, 6) is 0.0315. The molecule has 0 bridgehead atoms. The first kappa shape index (κ1) is 16.4. The summed E-state index contributed by atoms with van der Waals surface area (Å²) in [6.07, 6.45) is 1.01. The topological polar surface area (TPSA) is 70.6 Å². The van der Waals surface area contributed by atoms with Gasteiger partial charge >= 0.3 is 0 Å². The highest BCUT2D eigenvalue weighted by Crippen LogP contribution is 2.07. The van der Waals surface area contributed by atoms with E-state index in [2.05, 4.69) is 10.6 Å². The number of ether oxygens (including phenoxy) is 1. The molecule has 17 heavy (non-hydrogen) atoms. The SMILES string of the molecule is COCCC(C)(O)CNCCC(=O)NC(C)C. The van der Waals surface area contributed by atoms with E-state index in [9.17, 15) is 9.90 Å². The smallest absolute Gasteiger partial charge is 0.221 e. The molecule has 0 saturated heterocycles. The van der Waals surface area contributed by atoms with Gasteiger partial charge in [0.15, 0.2) is 0 Å². The number of nitrogens with one attached hydrogen (secondary N) is 2. The minimum absolute atomic E-state index is 0.0315. The molecule has 1 atom stereocenters. The Labute approximate surface area is 104 Å². The minimum atomic E-state index is -0.787.